The van der Waals surface area contributed by atoms with Gasteiger partial charge in [-0.25, -0.2) is 0 Å². The van der Waals surface area contributed by atoms with Crippen LogP contribution in [0.3, 0.4) is 0 Å². The highest BCUT2D eigenvalue weighted by Gasteiger charge is 2.04. The molecule has 0 radical (unpaired) electrons. The van der Waals surface area contributed by atoms with Crippen LogP contribution in [0.15, 0.2) is 0 Å². The van der Waals surface area contributed by atoms with Gasteiger partial charge in [-0.15, -0.1) is 0 Å². The number of nitrogens with one attached hydrogen (secondary N) is 2. The van der Waals surface area contributed by atoms with Crippen LogP contribution in [0.4, 0.5) is 0 Å². The second-order valence-corrected chi connectivity index (χ2v) is 2.97. The predicted octanol–water partition coefficient (Wildman–Crippen LogP) is -0.336. The van der Waals surface area contributed by atoms with Crippen molar-refractivity contribution in [1.29, 1.82) is 0 Å². The molecule has 0 rings (SSSR count). The van der Waals surface area contributed by atoms with Gasteiger partial charge in [-0.1, -0.05) is 0 Å². The van der Waals surface area contributed by atoms with Crippen LogP contribution >= 0.6 is 0 Å². The van der Waals surface area contributed by atoms with E-state index in [1.165, 1.54) is 0 Å². The van der Waals surface area contributed by atoms with Crippen LogP contribution in [0.2, 0.25) is 0 Å². The van der Waals surface area contributed by atoms with Crippen molar-refractivity contribution in [2.75, 3.05) is 20.2 Å². The molecule has 2 amide bonds. The van der Waals surface area contributed by atoms with Crippen molar-refractivity contribution in [2.24, 2.45) is 0 Å². The first kappa shape index (κ1) is 12.9. The Kier molecular flexibility index (Phi) is 7.83. The van der Waals surface area contributed by atoms with Gasteiger partial charge in [0.1, 0.15) is 0 Å². The molecule has 0 aliphatic rings. The zero-order chi connectivity index (χ0) is 10.8. The minimum absolute atomic E-state index is 0.0199. The van der Waals surface area contributed by atoms with E-state index >= 15 is 0 Å². The first-order valence-electron chi connectivity index (χ1n) is 4.70. The normalized spacial score (nSPS) is 11.9. The van der Waals surface area contributed by atoms with Crippen LogP contribution in [0, 0.1) is 0 Å². The van der Waals surface area contributed by atoms with E-state index in [0.717, 1.165) is 0 Å². The molecule has 0 aliphatic heterocycles. The molecule has 0 aromatic carbocycles. The largest absolute Gasteiger partial charge is 0.377 e. The Balaban J connectivity index is 3.31. The minimum Gasteiger partial charge on any atom is -0.377 e. The Morgan fingerprint density at radius 3 is 2.86 bits per heavy atom. The highest BCUT2D eigenvalue weighted by Crippen LogP contribution is 2.00. The Hall–Kier alpha value is -1.10. The van der Waals surface area contributed by atoms with E-state index in [0.29, 0.717) is 32.4 Å². The van der Waals surface area contributed by atoms with Crippen LogP contribution in [-0.4, -0.2) is 38.6 Å². The van der Waals surface area contributed by atoms with Gasteiger partial charge < -0.3 is 15.4 Å². The van der Waals surface area contributed by atoms with Crippen molar-refractivity contribution in [3.63, 3.8) is 0 Å². The molecule has 0 aromatic rings. The van der Waals surface area contributed by atoms with E-state index in [2.05, 4.69) is 10.6 Å². The molecule has 0 aromatic heterocycles. The van der Waals surface area contributed by atoms with Crippen LogP contribution < -0.4 is 10.6 Å². The minimum atomic E-state index is 0.0199. The van der Waals surface area contributed by atoms with Gasteiger partial charge in [-0.05, 0) is 13.3 Å². The summed E-state index contributed by atoms with van der Waals surface area (Å²) in [5.74, 6) is 0.0199. The maximum atomic E-state index is 10.9. The van der Waals surface area contributed by atoms with E-state index in [1.54, 1.807) is 7.05 Å². The predicted molar refractivity (Wildman–Crippen MR) is 52.8 cm³/mol. The molecule has 0 bridgehead atoms. The summed E-state index contributed by atoms with van der Waals surface area (Å²) in [5, 5.41) is 5.04. The van der Waals surface area contributed by atoms with E-state index < -0.39 is 0 Å². The lowest BCUT2D eigenvalue weighted by molar-refractivity contribution is -0.121. The number of carbonyl (C=O) groups is 2. The quantitative estimate of drug-likeness (QED) is 0.418. The molecule has 82 valence electrons. The number of hydrogen-bond acceptors (Lipinski definition) is 3. The highest BCUT2D eigenvalue weighted by atomic mass is 16.5. The summed E-state index contributed by atoms with van der Waals surface area (Å²) in [7, 11) is 1.61. The smallest absolute Gasteiger partial charge is 0.219 e. The van der Waals surface area contributed by atoms with Gasteiger partial charge in [0.15, 0.2) is 0 Å². The summed E-state index contributed by atoms with van der Waals surface area (Å²) in [6.07, 6.45) is 1.85. The molecule has 1 atom stereocenters. The number of ether oxygens (including phenoxy) is 1. The number of hydrogen-bond donors (Lipinski definition) is 2. The SMILES string of the molecule is CNC(=O)CCC(C)OCCNC=O. The fourth-order valence-electron chi connectivity index (χ4n) is 0.921. The number of amides is 2. The summed E-state index contributed by atoms with van der Waals surface area (Å²) in [4.78, 5) is 20.8. The molecule has 0 fully saturated rings. The molecule has 1 unspecified atom stereocenters. The molecule has 5 heteroatoms. The maximum Gasteiger partial charge on any atom is 0.219 e. The standard InChI is InChI=1S/C9H18N2O3/c1-8(3-4-9(13)10-2)14-6-5-11-7-12/h7-8H,3-6H2,1-2H3,(H,10,13)(H,11,12). The molecule has 14 heavy (non-hydrogen) atoms. The van der Waals surface area contributed by atoms with Crippen LogP contribution in [0.5, 0.6) is 0 Å². The van der Waals surface area contributed by atoms with Gasteiger partial charge in [0.05, 0.1) is 12.7 Å². The molecule has 0 heterocycles. The molecule has 5 nitrogen and oxygen atoms in total. The van der Waals surface area contributed by atoms with Gasteiger partial charge >= 0.3 is 0 Å². The maximum absolute atomic E-state index is 10.9. The Morgan fingerprint density at radius 1 is 1.57 bits per heavy atom. The number of rotatable bonds is 8. The van der Waals surface area contributed by atoms with E-state index in [1.807, 2.05) is 6.92 Å². The zero-order valence-electron chi connectivity index (χ0n) is 8.71. The topological polar surface area (TPSA) is 67.4 Å². The second-order valence-electron chi connectivity index (χ2n) is 2.97. The molecule has 0 saturated carbocycles. The van der Waals surface area contributed by atoms with Gasteiger partial charge in [0.25, 0.3) is 0 Å². The van der Waals surface area contributed by atoms with Crippen LogP contribution in [0.25, 0.3) is 0 Å². The summed E-state index contributed by atoms with van der Waals surface area (Å²) in [6, 6.07) is 0. The van der Waals surface area contributed by atoms with E-state index in [9.17, 15) is 9.59 Å². The summed E-state index contributed by atoms with van der Waals surface area (Å²) < 4.78 is 5.34. The molecular weight excluding hydrogens is 184 g/mol. The van der Waals surface area contributed by atoms with Crippen molar-refractivity contribution in [1.82, 2.24) is 10.6 Å². The second kappa shape index (κ2) is 8.50. The molecule has 2 N–H and O–H groups in total. The molecule has 0 spiro atoms. The monoisotopic (exact) mass is 202 g/mol. The summed E-state index contributed by atoms with van der Waals surface area (Å²) in [6.45, 7) is 2.89. The lowest BCUT2D eigenvalue weighted by Crippen LogP contribution is -2.23. The van der Waals surface area contributed by atoms with Crippen molar-refractivity contribution in [3.8, 4) is 0 Å². The van der Waals surface area contributed by atoms with Gasteiger partial charge in [-0.2, -0.15) is 0 Å². The fourth-order valence-corrected chi connectivity index (χ4v) is 0.921. The van der Waals surface area contributed by atoms with Crippen LogP contribution in [0.1, 0.15) is 19.8 Å². The fraction of sp³-hybridized carbons (Fsp3) is 0.778. The third-order valence-corrected chi connectivity index (χ3v) is 1.79. The number of carbonyl (C=O) groups excluding carboxylic acids is 2. The average Bonchev–Trinajstić information content (AvgIpc) is 2.21. The zero-order valence-corrected chi connectivity index (χ0v) is 8.71. The lowest BCUT2D eigenvalue weighted by atomic mass is 10.2. The van der Waals surface area contributed by atoms with E-state index in [4.69, 9.17) is 4.74 Å². The Labute approximate surface area is 84.2 Å². The summed E-state index contributed by atoms with van der Waals surface area (Å²) in [5.41, 5.74) is 0. The third kappa shape index (κ3) is 7.54. The van der Waals surface area contributed by atoms with Gasteiger partial charge in [0, 0.05) is 20.0 Å². The highest BCUT2D eigenvalue weighted by molar-refractivity contribution is 5.75. The van der Waals surface area contributed by atoms with Gasteiger partial charge in [0.2, 0.25) is 12.3 Å². The first-order valence-corrected chi connectivity index (χ1v) is 4.70. The van der Waals surface area contributed by atoms with Crippen molar-refractivity contribution < 1.29 is 14.3 Å². The average molecular weight is 202 g/mol. The molecule has 0 saturated heterocycles. The van der Waals surface area contributed by atoms with Gasteiger partial charge in [-0.3, -0.25) is 9.59 Å². The van der Waals surface area contributed by atoms with Crippen molar-refractivity contribution in [2.45, 2.75) is 25.9 Å². The van der Waals surface area contributed by atoms with Crippen molar-refractivity contribution >= 4 is 12.3 Å². The third-order valence-electron chi connectivity index (χ3n) is 1.79. The van der Waals surface area contributed by atoms with Crippen LogP contribution in [-0.2, 0) is 14.3 Å². The van der Waals surface area contributed by atoms with Crippen molar-refractivity contribution in [3.05, 3.63) is 0 Å². The first-order chi connectivity index (χ1) is 6.70. The summed E-state index contributed by atoms with van der Waals surface area (Å²) >= 11 is 0. The lowest BCUT2D eigenvalue weighted by Gasteiger charge is -2.11. The molecular formula is C9H18N2O3. The molecule has 0 aliphatic carbocycles. The Morgan fingerprint density at radius 2 is 2.29 bits per heavy atom. The Bertz CT molecular complexity index is 173. The van der Waals surface area contributed by atoms with E-state index in [-0.39, 0.29) is 12.0 Å².